The van der Waals surface area contributed by atoms with Crippen LogP contribution in [0.25, 0.3) is 0 Å². The molecule has 6 atom stereocenters. The van der Waals surface area contributed by atoms with Crippen molar-refractivity contribution in [3.05, 3.63) is 35.9 Å². The summed E-state index contributed by atoms with van der Waals surface area (Å²) in [6.45, 7) is 15.4. The largest absolute Gasteiger partial charge is 0.363 e. The Morgan fingerprint density at radius 1 is 1.00 bits per heavy atom. The Labute approximate surface area is 297 Å². The zero-order chi connectivity index (χ0) is 37.4. The lowest BCUT2D eigenvalue weighted by Crippen LogP contribution is -2.63. The second-order valence-electron chi connectivity index (χ2n) is 17.3. The molecule has 5 N–H and O–H groups in total. The van der Waals surface area contributed by atoms with Crippen LogP contribution in [0.2, 0.25) is 0 Å². The van der Waals surface area contributed by atoms with Gasteiger partial charge in [0.05, 0.1) is 23.1 Å². The van der Waals surface area contributed by atoms with Crippen LogP contribution < -0.4 is 21.7 Å². The summed E-state index contributed by atoms with van der Waals surface area (Å²) in [5.41, 5.74) is 3.85. The molecular formula is C37H57N5O7S. The number of benzene rings is 1. The van der Waals surface area contributed by atoms with E-state index in [-0.39, 0.29) is 40.6 Å². The van der Waals surface area contributed by atoms with Crippen LogP contribution in [-0.2, 0) is 34.8 Å². The number of fused-ring (bicyclic) bond motifs is 1. The maximum atomic E-state index is 14.4. The van der Waals surface area contributed by atoms with E-state index >= 15 is 0 Å². The number of hydrogen-bond acceptors (Lipinski definition) is 7. The highest BCUT2D eigenvalue weighted by Crippen LogP contribution is 2.65. The van der Waals surface area contributed by atoms with Gasteiger partial charge in [-0.2, -0.15) is 0 Å². The number of carbonyl (C=O) groups is 5. The van der Waals surface area contributed by atoms with Crippen LogP contribution in [0.4, 0.5) is 4.79 Å². The fourth-order valence-electron chi connectivity index (χ4n) is 8.20. The number of ketones is 1. The molecule has 12 nitrogen and oxygen atoms in total. The van der Waals surface area contributed by atoms with Gasteiger partial charge in [0, 0.05) is 6.54 Å². The van der Waals surface area contributed by atoms with E-state index in [1.54, 1.807) is 31.2 Å². The summed E-state index contributed by atoms with van der Waals surface area (Å²) in [6, 6.07) is 5.14. The molecule has 1 aliphatic heterocycles. The predicted molar refractivity (Wildman–Crippen MR) is 191 cm³/mol. The predicted octanol–water partition coefficient (Wildman–Crippen LogP) is 3.33. The first-order valence-corrected chi connectivity index (χ1v) is 19.6. The number of primary amides is 1. The van der Waals surface area contributed by atoms with Gasteiger partial charge in [0.2, 0.25) is 17.6 Å². The Balaban J connectivity index is 1.53. The van der Waals surface area contributed by atoms with Crippen molar-refractivity contribution >= 4 is 39.4 Å². The smallest absolute Gasteiger partial charge is 0.315 e. The highest BCUT2D eigenvalue weighted by molar-refractivity contribution is 7.90. The van der Waals surface area contributed by atoms with E-state index in [2.05, 4.69) is 16.0 Å². The van der Waals surface area contributed by atoms with Crippen molar-refractivity contribution in [1.29, 1.82) is 0 Å². The SMILES string of the molecule is CC(C)CC(C)(CS(=O)(=O)Cc1ccccc1)NC(=O)N[C@H](C(=O)N1CC2C([C@H]1C(=O)NC(CC1CCC1)C(=O)C(N)=O)C2(C)C)C(C)(C)C. The number of Topliss-reactive ketones (excluding diaryl/α,β-unsaturated/α-hetero) is 1. The number of carbonyl (C=O) groups excluding carboxylic acids is 5. The Morgan fingerprint density at radius 3 is 2.14 bits per heavy atom. The number of nitrogens with two attached hydrogens (primary N) is 1. The van der Waals surface area contributed by atoms with E-state index in [4.69, 9.17) is 5.73 Å². The van der Waals surface area contributed by atoms with Crippen LogP contribution in [0.3, 0.4) is 0 Å². The zero-order valence-electron chi connectivity index (χ0n) is 30.9. The summed E-state index contributed by atoms with van der Waals surface area (Å²) in [4.78, 5) is 68.3. The molecule has 0 bridgehead atoms. The summed E-state index contributed by atoms with van der Waals surface area (Å²) in [5.74, 6) is -3.26. The van der Waals surface area contributed by atoms with Crippen molar-refractivity contribution in [2.24, 2.45) is 40.2 Å². The molecule has 2 aliphatic carbocycles. The first kappa shape index (κ1) is 39.3. The van der Waals surface area contributed by atoms with Crippen molar-refractivity contribution in [3.63, 3.8) is 0 Å². The van der Waals surface area contributed by atoms with Gasteiger partial charge >= 0.3 is 6.03 Å². The molecule has 0 radical (unpaired) electrons. The number of nitrogens with one attached hydrogen (secondary N) is 3. The first-order chi connectivity index (χ1) is 23.0. The molecule has 4 unspecified atom stereocenters. The third-order valence-electron chi connectivity index (χ3n) is 10.9. The molecule has 3 fully saturated rings. The van der Waals surface area contributed by atoms with Crippen molar-refractivity contribution < 1.29 is 32.4 Å². The number of hydrogen-bond donors (Lipinski definition) is 4. The topological polar surface area (TPSA) is 185 Å². The summed E-state index contributed by atoms with van der Waals surface area (Å²) < 4.78 is 26.7. The highest BCUT2D eigenvalue weighted by Gasteiger charge is 2.70. The van der Waals surface area contributed by atoms with Crippen LogP contribution in [0.5, 0.6) is 0 Å². The van der Waals surface area contributed by atoms with Crippen LogP contribution in [0, 0.1) is 34.5 Å². The third-order valence-corrected chi connectivity index (χ3v) is 12.7. The third kappa shape index (κ3) is 9.24. The van der Waals surface area contributed by atoms with Gasteiger partial charge < -0.3 is 26.6 Å². The second kappa shape index (κ2) is 14.6. The van der Waals surface area contributed by atoms with Gasteiger partial charge in [-0.3, -0.25) is 19.2 Å². The maximum Gasteiger partial charge on any atom is 0.315 e. The van der Waals surface area contributed by atoms with E-state index in [9.17, 15) is 32.4 Å². The van der Waals surface area contributed by atoms with Crippen LogP contribution >= 0.6 is 0 Å². The fourth-order valence-corrected chi connectivity index (χ4v) is 10.2. The van der Waals surface area contributed by atoms with E-state index in [0.717, 1.165) is 19.3 Å². The number of urea groups is 1. The van der Waals surface area contributed by atoms with Crippen LogP contribution in [0.15, 0.2) is 30.3 Å². The number of likely N-dealkylation sites (tertiary alicyclic amines) is 1. The average Bonchev–Trinajstić information content (AvgIpc) is 3.27. The van der Waals surface area contributed by atoms with Crippen LogP contribution in [0.1, 0.15) is 93.1 Å². The molecule has 1 saturated heterocycles. The van der Waals surface area contributed by atoms with E-state index < -0.39 is 68.5 Å². The highest BCUT2D eigenvalue weighted by atomic mass is 32.2. The molecule has 0 spiro atoms. The minimum absolute atomic E-state index is 0.0396. The average molecular weight is 716 g/mol. The van der Waals surface area contributed by atoms with Gasteiger partial charge in [-0.1, -0.05) is 98.1 Å². The van der Waals surface area contributed by atoms with Crippen LogP contribution in [-0.4, -0.2) is 78.8 Å². The molecule has 3 aliphatic rings. The number of sulfone groups is 1. The number of rotatable bonds is 15. The van der Waals surface area contributed by atoms with E-state index in [1.165, 1.54) is 4.90 Å². The number of piperidine rings is 1. The monoisotopic (exact) mass is 715 g/mol. The minimum atomic E-state index is -3.64. The minimum Gasteiger partial charge on any atom is -0.363 e. The lowest BCUT2D eigenvalue weighted by Gasteiger charge is -2.39. The van der Waals surface area contributed by atoms with E-state index in [1.807, 2.05) is 54.5 Å². The molecule has 50 heavy (non-hydrogen) atoms. The van der Waals surface area contributed by atoms with Gasteiger partial charge in [-0.25, -0.2) is 13.2 Å². The maximum absolute atomic E-state index is 14.4. The molecule has 1 aromatic carbocycles. The summed E-state index contributed by atoms with van der Waals surface area (Å²) >= 11 is 0. The first-order valence-electron chi connectivity index (χ1n) is 17.8. The van der Waals surface area contributed by atoms with Crippen molar-refractivity contribution in [2.45, 2.75) is 117 Å². The van der Waals surface area contributed by atoms with Gasteiger partial charge in [-0.05, 0) is 59.8 Å². The van der Waals surface area contributed by atoms with Gasteiger partial charge in [-0.15, -0.1) is 0 Å². The van der Waals surface area contributed by atoms with Crippen molar-refractivity contribution in [1.82, 2.24) is 20.9 Å². The van der Waals surface area contributed by atoms with E-state index in [0.29, 0.717) is 24.9 Å². The van der Waals surface area contributed by atoms with Gasteiger partial charge in [0.1, 0.15) is 12.1 Å². The molecule has 5 amide bonds. The summed E-state index contributed by atoms with van der Waals surface area (Å²) in [7, 11) is -3.64. The summed E-state index contributed by atoms with van der Waals surface area (Å²) in [5, 5.41) is 8.52. The normalized spacial score (nSPS) is 23.9. The molecule has 0 aromatic heterocycles. The lowest BCUT2D eigenvalue weighted by atomic mass is 9.80. The molecule has 2 saturated carbocycles. The Bertz CT molecular complexity index is 1570. The molecule has 1 heterocycles. The molecule has 1 aromatic rings. The Morgan fingerprint density at radius 2 is 1.62 bits per heavy atom. The molecule has 13 heteroatoms. The molecular weight excluding hydrogens is 659 g/mol. The molecule has 4 rings (SSSR count). The fraction of sp³-hybridized carbons (Fsp3) is 0.703. The van der Waals surface area contributed by atoms with Crippen molar-refractivity contribution in [3.8, 4) is 0 Å². The lowest BCUT2D eigenvalue weighted by molar-refractivity contribution is -0.145. The van der Waals surface area contributed by atoms with Gasteiger partial charge in [0.15, 0.2) is 9.84 Å². The number of nitrogens with zero attached hydrogens (tertiary/aromatic N) is 1. The summed E-state index contributed by atoms with van der Waals surface area (Å²) in [6.07, 6.45) is 3.52. The van der Waals surface area contributed by atoms with Gasteiger partial charge in [0.25, 0.3) is 5.91 Å². The Hall–Kier alpha value is -3.48. The Kier molecular flexibility index (Phi) is 11.5. The molecule has 278 valence electrons. The standard InChI is InChI=1S/C37H57N5O7S/c1-22(2)18-37(8,21-50(48,49)20-24-13-10-9-11-14-24)41-34(47)40-30(35(3,4)5)33(46)42-19-25-27(36(25,6)7)28(42)32(45)39-26(29(43)31(38)44)17-23-15-12-16-23/h9-11,13-14,22-23,25-28,30H,12,15-21H2,1-8H3,(H2,38,44)(H,39,45)(H2,40,41,47)/t25?,26?,27?,28-,30+,37?/m0/s1. The van der Waals surface area contributed by atoms with Crippen molar-refractivity contribution in [2.75, 3.05) is 12.3 Å². The zero-order valence-corrected chi connectivity index (χ0v) is 31.7. The number of amides is 5. The second-order valence-corrected chi connectivity index (χ2v) is 19.3. The quantitative estimate of drug-likeness (QED) is 0.201.